The van der Waals surface area contributed by atoms with E-state index in [1.54, 1.807) is 31.4 Å². The predicted molar refractivity (Wildman–Crippen MR) is 121 cm³/mol. The summed E-state index contributed by atoms with van der Waals surface area (Å²) in [6.45, 7) is 2.76. The Morgan fingerprint density at radius 3 is 2.31 bits per heavy atom. The van der Waals surface area contributed by atoms with E-state index in [1.165, 1.54) is 23.9 Å². The largest absolute Gasteiger partial charge is 0.496 e. The van der Waals surface area contributed by atoms with Crippen LogP contribution in [0, 0.1) is 0 Å². The lowest BCUT2D eigenvalue weighted by atomic mass is 10.2. The summed E-state index contributed by atoms with van der Waals surface area (Å²) in [5.41, 5.74) is 0.946. The van der Waals surface area contributed by atoms with Crippen molar-refractivity contribution in [2.24, 2.45) is 0 Å². The Hall–Kier alpha value is -3.82. The summed E-state index contributed by atoms with van der Waals surface area (Å²) >= 11 is 0. The number of urea groups is 1. The van der Waals surface area contributed by atoms with Crippen LogP contribution in [-0.4, -0.2) is 47.6 Å². The van der Waals surface area contributed by atoms with Gasteiger partial charge in [0.25, 0.3) is 5.95 Å². The standard InChI is InChI=1S/C22H28N6O4/c1-5-6-10-13-27-25-21(24-26-27)28(16-11-8-7-9-12-16)22(29)23-20-18(31-3)14-17(30-2)15-19(20)32-4/h7-9,11-12,14-15H,5-6,10,13H2,1-4H3,(H,23,29). The van der Waals surface area contributed by atoms with Crippen LogP contribution in [0.25, 0.3) is 0 Å². The smallest absolute Gasteiger partial charge is 0.333 e. The molecule has 1 N–H and O–H groups in total. The summed E-state index contributed by atoms with van der Waals surface area (Å²) in [6, 6.07) is 11.9. The quantitative estimate of drug-likeness (QED) is 0.470. The number of nitrogens with one attached hydrogen (secondary N) is 1. The number of para-hydroxylation sites is 1. The maximum Gasteiger partial charge on any atom is 0.333 e. The van der Waals surface area contributed by atoms with Gasteiger partial charge < -0.3 is 19.5 Å². The number of aryl methyl sites for hydroxylation is 1. The maximum absolute atomic E-state index is 13.4. The first-order valence-electron chi connectivity index (χ1n) is 10.3. The predicted octanol–water partition coefficient (Wildman–Crippen LogP) is 4.26. The van der Waals surface area contributed by atoms with E-state index in [9.17, 15) is 4.79 Å². The Morgan fingerprint density at radius 2 is 1.72 bits per heavy atom. The second-order valence-electron chi connectivity index (χ2n) is 6.90. The Bertz CT molecular complexity index is 999. The summed E-state index contributed by atoms with van der Waals surface area (Å²) in [5, 5.41) is 15.5. The van der Waals surface area contributed by atoms with Gasteiger partial charge in [-0.05, 0) is 23.8 Å². The highest BCUT2D eigenvalue weighted by molar-refractivity contribution is 6.07. The fourth-order valence-corrected chi connectivity index (χ4v) is 3.11. The highest BCUT2D eigenvalue weighted by Crippen LogP contribution is 2.39. The Labute approximate surface area is 187 Å². The molecule has 10 nitrogen and oxygen atoms in total. The highest BCUT2D eigenvalue weighted by atomic mass is 16.5. The second kappa shape index (κ2) is 11.0. The number of nitrogens with zero attached hydrogens (tertiary/aromatic N) is 5. The number of anilines is 3. The van der Waals surface area contributed by atoms with E-state index >= 15 is 0 Å². The molecule has 170 valence electrons. The van der Waals surface area contributed by atoms with Crippen LogP contribution >= 0.6 is 0 Å². The molecule has 0 fully saturated rings. The number of unbranched alkanes of at least 4 members (excludes halogenated alkanes) is 2. The van der Waals surface area contributed by atoms with Crippen molar-refractivity contribution in [1.82, 2.24) is 20.2 Å². The lowest BCUT2D eigenvalue weighted by molar-refractivity contribution is 0.258. The molecular weight excluding hydrogens is 412 g/mol. The number of hydrogen-bond donors (Lipinski definition) is 1. The van der Waals surface area contributed by atoms with Crippen molar-refractivity contribution in [3.8, 4) is 17.2 Å². The molecule has 2 amide bonds. The molecule has 0 atom stereocenters. The van der Waals surface area contributed by atoms with Crippen LogP contribution < -0.4 is 24.4 Å². The number of benzene rings is 2. The van der Waals surface area contributed by atoms with Crippen LogP contribution in [0.5, 0.6) is 17.2 Å². The molecule has 0 aliphatic carbocycles. The van der Waals surface area contributed by atoms with Crippen LogP contribution in [0.3, 0.4) is 0 Å². The number of aromatic nitrogens is 4. The van der Waals surface area contributed by atoms with Crippen LogP contribution in [0.4, 0.5) is 22.1 Å². The number of hydrogen-bond acceptors (Lipinski definition) is 7. The normalized spacial score (nSPS) is 10.5. The number of methoxy groups -OCH3 is 3. The molecule has 3 aromatic rings. The molecule has 1 heterocycles. The third kappa shape index (κ3) is 5.26. The summed E-state index contributed by atoms with van der Waals surface area (Å²) in [4.78, 5) is 16.3. The summed E-state index contributed by atoms with van der Waals surface area (Å²) in [5.74, 6) is 1.47. The van der Waals surface area contributed by atoms with Crippen molar-refractivity contribution in [1.29, 1.82) is 0 Å². The minimum absolute atomic E-state index is 0.164. The van der Waals surface area contributed by atoms with Gasteiger partial charge in [-0.25, -0.2) is 9.69 Å². The van der Waals surface area contributed by atoms with Crippen molar-refractivity contribution < 1.29 is 19.0 Å². The van der Waals surface area contributed by atoms with E-state index < -0.39 is 6.03 Å². The molecule has 2 aromatic carbocycles. The van der Waals surface area contributed by atoms with Crippen molar-refractivity contribution in [3.63, 3.8) is 0 Å². The van der Waals surface area contributed by atoms with Gasteiger partial charge in [-0.15, -0.1) is 5.10 Å². The number of carbonyl (C=O) groups is 1. The van der Waals surface area contributed by atoms with Crippen molar-refractivity contribution in [3.05, 3.63) is 42.5 Å². The third-order valence-electron chi connectivity index (χ3n) is 4.77. The molecule has 0 spiro atoms. The lowest BCUT2D eigenvalue weighted by Crippen LogP contribution is -2.32. The van der Waals surface area contributed by atoms with E-state index in [4.69, 9.17) is 14.2 Å². The van der Waals surface area contributed by atoms with E-state index in [2.05, 4.69) is 27.7 Å². The SMILES string of the molecule is CCCCCn1nnc(N(C(=O)Nc2c(OC)cc(OC)cc2OC)c2ccccc2)n1. The van der Waals surface area contributed by atoms with E-state index in [0.29, 0.717) is 35.2 Å². The monoisotopic (exact) mass is 440 g/mol. The average molecular weight is 441 g/mol. The minimum Gasteiger partial charge on any atom is -0.496 e. The molecule has 0 aliphatic heterocycles. The van der Waals surface area contributed by atoms with Gasteiger partial charge in [-0.3, -0.25) is 0 Å². The van der Waals surface area contributed by atoms with E-state index in [1.807, 2.05) is 18.2 Å². The molecular formula is C22H28N6O4. The maximum atomic E-state index is 13.4. The van der Waals surface area contributed by atoms with Gasteiger partial charge in [-0.1, -0.05) is 43.1 Å². The van der Waals surface area contributed by atoms with Crippen molar-refractivity contribution >= 4 is 23.4 Å². The average Bonchev–Trinajstić information content (AvgIpc) is 3.28. The zero-order chi connectivity index (χ0) is 22.9. The topological polar surface area (TPSA) is 104 Å². The van der Waals surface area contributed by atoms with Gasteiger partial charge in [-0.2, -0.15) is 4.80 Å². The van der Waals surface area contributed by atoms with Crippen molar-refractivity contribution in [2.45, 2.75) is 32.7 Å². The van der Waals surface area contributed by atoms with Gasteiger partial charge in [0.15, 0.2) is 0 Å². The van der Waals surface area contributed by atoms with E-state index in [-0.39, 0.29) is 5.95 Å². The second-order valence-corrected chi connectivity index (χ2v) is 6.90. The zero-order valence-electron chi connectivity index (χ0n) is 18.7. The number of ether oxygens (including phenoxy) is 3. The van der Waals surface area contributed by atoms with Crippen LogP contribution in [-0.2, 0) is 6.54 Å². The molecule has 0 aliphatic rings. The minimum atomic E-state index is -0.494. The Morgan fingerprint density at radius 1 is 1.03 bits per heavy atom. The molecule has 0 radical (unpaired) electrons. The van der Waals surface area contributed by atoms with Crippen LogP contribution in [0.15, 0.2) is 42.5 Å². The molecule has 0 saturated heterocycles. The van der Waals surface area contributed by atoms with Crippen LogP contribution in [0.2, 0.25) is 0 Å². The van der Waals surface area contributed by atoms with Gasteiger partial charge in [0.1, 0.15) is 22.9 Å². The number of rotatable bonds is 10. The zero-order valence-corrected chi connectivity index (χ0v) is 18.7. The van der Waals surface area contributed by atoms with Crippen molar-refractivity contribution in [2.75, 3.05) is 31.5 Å². The summed E-state index contributed by atoms with van der Waals surface area (Å²) < 4.78 is 16.2. The summed E-state index contributed by atoms with van der Waals surface area (Å²) in [7, 11) is 4.55. The number of carbonyl (C=O) groups excluding carboxylic acids is 1. The van der Waals surface area contributed by atoms with Gasteiger partial charge in [0.2, 0.25) is 0 Å². The summed E-state index contributed by atoms with van der Waals surface area (Å²) in [6.07, 6.45) is 3.09. The number of tetrazole rings is 1. The van der Waals surface area contributed by atoms with E-state index in [0.717, 1.165) is 19.3 Å². The Kier molecular flexibility index (Phi) is 7.85. The van der Waals surface area contributed by atoms with Gasteiger partial charge >= 0.3 is 6.03 Å². The highest BCUT2D eigenvalue weighted by Gasteiger charge is 2.25. The Balaban J connectivity index is 1.94. The molecule has 3 rings (SSSR count). The van der Waals surface area contributed by atoms with Gasteiger partial charge in [0, 0.05) is 12.1 Å². The first kappa shape index (κ1) is 22.9. The molecule has 0 saturated carbocycles. The third-order valence-corrected chi connectivity index (χ3v) is 4.77. The molecule has 32 heavy (non-hydrogen) atoms. The molecule has 0 bridgehead atoms. The fraction of sp³-hybridized carbons (Fsp3) is 0.364. The first-order chi connectivity index (χ1) is 15.6. The first-order valence-corrected chi connectivity index (χ1v) is 10.3. The van der Waals surface area contributed by atoms with Crippen LogP contribution in [0.1, 0.15) is 26.2 Å². The lowest BCUT2D eigenvalue weighted by Gasteiger charge is -2.21. The molecule has 0 unspecified atom stereocenters. The van der Waals surface area contributed by atoms with Gasteiger partial charge in [0.05, 0.1) is 33.6 Å². The number of amides is 2. The molecule has 10 heteroatoms. The fourth-order valence-electron chi connectivity index (χ4n) is 3.11. The molecule has 1 aromatic heterocycles.